The third-order valence-electron chi connectivity index (χ3n) is 5.47. The summed E-state index contributed by atoms with van der Waals surface area (Å²) < 4.78 is 7.70. The molecule has 5 rings (SSSR count). The van der Waals surface area contributed by atoms with Crippen molar-refractivity contribution in [2.75, 3.05) is 7.11 Å². The van der Waals surface area contributed by atoms with Gasteiger partial charge >= 0.3 is 0 Å². The second-order valence-electron chi connectivity index (χ2n) is 7.27. The summed E-state index contributed by atoms with van der Waals surface area (Å²) in [4.78, 5) is 4.79. The number of fused-ring (bicyclic) bond motifs is 3. The van der Waals surface area contributed by atoms with Crippen LogP contribution in [-0.2, 0) is 13.0 Å². The molecule has 3 heteroatoms. The maximum absolute atomic E-state index is 5.30. The van der Waals surface area contributed by atoms with Crippen molar-refractivity contribution in [1.29, 1.82) is 0 Å². The van der Waals surface area contributed by atoms with Crippen LogP contribution >= 0.6 is 0 Å². The van der Waals surface area contributed by atoms with E-state index in [4.69, 9.17) is 9.72 Å². The van der Waals surface area contributed by atoms with Crippen LogP contribution in [0.4, 0.5) is 0 Å². The number of para-hydroxylation sites is 1. The van der Waals surface area contributed by atoms with Crippen LogP contribution in [0.2, 0.25) is 0 Å². The highest BCUT2D eigenvalue weighted by atomic mass is 16.5. The van der Waals surface area contributed by atoms with E-state index in [2.05, 4.69) is 77.4 Å². The van der Waals surface area contributed by atoms with Crippen molar-refractivity contribution in [3.63, 3.8) is 0 Å². The first-order chi connectivity index (χ1) is 14.3. The Morgan fingerprint density at radius 2 is 1.52 bits per heavy atom. The van der Waals surface area contributed by atoms with Gasteiger partial charge in [0.2, 0.25) is 0 Å². The Morgan fingerprint density at radius 3 is 2.31 bits per heavy atom. The summed E-state index contributed by atoms with van der Waals surface area (Å²) in [6.45, 7) is 0.826. The first kappa shape index (κ1) is 17.5. The summed E-state index contributed by atoms with van der Waals surface area (Å²) in [5.74, 6) is 0.873. The van der Waals surface area contributed by atoms with Crippen LogP contribution in [-0.4, -0.2) is 16.7 Å². The minimum absolute atomic E-state index is 0.784. The van der Waals surface area contributed by atoms with Gasteiger partial charge in [0.15, 0.2) is 0 Å². The fraction of sp³-hybridized carbons (Fsp3) is 0.115. The number of aromatic nitrogens is 2. The van der Waals surface area contributed by atoms with E-state index in [-0.39, 0.29) is 0 Å². The van der Waals surface area contributed by atoms with E-state index in [0.29, 0.717) is 0 Å². The van der Waals surface area contributed by atoms with Crippen LogP contribution in [0.15, 0.2) is 91.1 Å². The molecular weight excluding hydrogens is 356 g/mol. The number of ether oxygens (including phenoxy) is 1. The molecule has 3 aromatic carbocycles. The topological polar surface area (TPSA) is 27.1 Å². The molecule has 0 bridgehead atoms. The van der Waals surface area contributed by atoms with Crippen LogP contribution in [0, 0.1) is 0 Å². The van der Waals surface area contributed by atoms with E-state index in [1.54, 1.807) is 7.11 Å². The van der Waals surface area contributed by atoms with E-state index in [1.807, 2.05) is 18.3 Å². The lowest BCUT2D eigenvalue weighted by Gasteiger charge is -2.11. The van der Waals surface area contributed by atoms with Gasteiger partial charge in [-0.1, -0.05) is 60.7 Å². The number of methoxy groups -OCH3 is 1. The molecule has 0 unspecified atom stereocenters. The zero-order valence-corrected chi connectivity index (χ0v) is 16.4. The van der Waals surface area contributed by atoms with E-state index in [1.165, 1.54) is 32.9 Å². The van der Waals surface area contributed by atoms with Gasteiger partial charge in [-0.2, -0.15) is 0 Å². The molecule has 0 atom stereocenters. The van der Waals surface area contributed by atoms with E-state index in [0.717, 1.165) is 24.4 Å². The van der Waals surface area contributed by atoms with Crippen molar-refractivity contribution >= 4 is 21.8 Å². The monoisotopic (exact) mass is 378 g/mol. The lowest BCUT2D eigenvalue weighted by Crippen LogP contribution is -2.03. The molecule has 0 saturated heterocycles. The van der Waals surface area contributed by atoms with Crippen molar-refractivity contribution in [2.45, 2.75) is 13.0 Å². The molecular formula is C26H22N2O. The second kappa shape index (κ2) is 7.44. The molecule has 5 aromatic rings. The van der Waals surface area contributed by atoms with Crippen LogP contribution in [0.1, 0.15) is 16.8 Å². The van der Waals surface area contributed by atoms with Crippen molar-refractivity contribution in [2.24, 2.45) is 0 Å². The maximum Gasteiger partial charge on any atom is 0.118 e. The minimum atomic E-state index is 0.784. The average Bonchev–Trinajstić information content (AvgIpc) is 3.10. The Kier molecular flexibility index (Phi) is 4.49. The molecule has 0 aliphatic heterocycles. The van der Waals surface area contributed by atoms with Gasteiger partial charge in [0.1, 0.15) is 5.75 Å². The standard InChI is InChI=1S/C26H22N2O/c1-29-21-13-11-19(12-14-21)17-24-26-23(15-16-27-24)22-9-5-6-10-25(22)28(26)18-20-7-3-2-4-8-20/h2-16H,17-18H2,1H3. The van der Waals surface area contributed by atoms with Crippen LogP contribution < -0.4 is 4.74 Å². The molecule has 0 saturated carbocycles. The van der Waals surface area contributed by atoms with Crippen LogP contribution in [0.5, 0.6) is 5.75 Å². The minimum Gasteiger partial charge on any atom is -0.497 e. The first-order valence-electron chi connectivity index (χ1n) is 9.85. The maximum atomic E-state index is 5.30. The molecule has 0 aliphatic carbocycles. The zero-order valence-electron chi connectivity index (χ0n) is 16.4. The summed E-state index contributed by atoms with van der Waals surface area (Å²) in [5, 5.41) is 2.53. The molecule has 0 N–H and O–H groups in total. The van der Waals surface area contributed by atoms with Gasteiger partial charge in [0, 0.05) is 35.5 Å². The molecule has 142 valence electrons. The van der Waals surface area contributed by atoms with Crippen LogP contribution in [0.25, 0.3) is 21.8 Å². The fourth-order valence-corrected chi connectivity index (χ4v) is 4.07. The van der Waals surface area contributed by atoms with Gasteiger partial charge in [-0.25, -0.2) is 0 Å². The Morgan fingerprint density at radius 1 is 0.759 bits per heavy atom. The van der Waals surface area contributed by atoms with Gasteiger partial charge in [0.25, 0.3) is 0 Å². The molecule has 3 nitrogen and oxygen atoms in total. The van der Waals surface area contributed by atoms with Crippen molar-refractivity contribution in [1.82, 2.24) is 9.55 Å². The van der Waals surface area contributed by atoms with Crippen molar-refractivity contribution in [3.8, 4) is 5.75 Å². The third-order valence-corrected chi connectivity index (χ3v) is 5.47. The summed E-state index contributed by atoms with van der Waals surface area (Å²) in [6, 6.07) is 29.6. The lowest BCUT2D eigenvalue weighted by molar-refractivity contribution is 0.414. The molecule has 29 heavy (non-hydrogen) atoms. The SMILES string of the molecule is COc1ccc(Cc2nccc3c4ccccc4n(Cc4ccccc4)c23)cc1. The average molecular weight is 378 g/mol. The highest BCUT2D eigenvalue weighted by Gasteiger charge is 2.15. The molecule has 0 aliphatic rings. The highest BCUT2D eigenvalue weighted by Crippen LogP contribution is 2.32. The van der Waals surface area contributed by atoms with E-state index in [9.17, 15) is 0 Å². The van der Waals surface area contributed by atoms with Gasteiger partial charge in [0.05, 0.1) is 18.3 Å². The summed E-state index contributed by atoms with van der Waals surface area (Å²) in [7, 11) is 1.69. The van der Waals surface area contributed by atoms with Crippen LogP contribution in [0.3, 0.4) is 0 Å². The fourth-order valence-electron chi connectivity index (χ4n) is 4.07. The van der Waals surface area contributed by atoms with Gasteiger partial charge in [-0.05, 0) is 35.4 Å². The molecule has 0 radical (unpaired) electrons. The molecule has 0 fully saturated rings. The molecule has 0 spiro atoms. The predicted octanol–water partition coefficient (Wildman–Crippen LogP) is 5.84. The van der Waals surface area contributed by atoms with E-state index >= 15 is 0 Å². The first-order valence-corrected chi connectivity index (χ1v) is 9.85. The third kappa shape index (κ3) is 3.25. The Balaban J connectivity index is 1.68. The highest BCUT2D eigenvalue weighted by molar-refractivity contribution is 6.08. The normalized spacial score (nSPS) is 11.2. The number of hydrogen-bond donors (Lipinski definition) is 0. The zero-order chi connectivity index (χ0) is 19.6. The predicted molar refractivity (Wildman–Crippen MR) is 119 cm³/mol. The molecule has 2 aromatic heterocycles. The number of pyridine rings is 1. The Labute approximate surface area is 170 Å². The smallest absolute Gasteiger partial charge is 0.118 e. The van der Waals surface area contributed by atoms with E-state index < -0.39 is 0 Å². The second-order valence-corrected chi connectivity index (χ2v) is 7.27. The van der Waals surface area contributed by atoms with Crippen molar-refractivity contribution in [3.05, 3.63) is 108 Å². The van der Waals surface area contributed by atoms with Gasteiger partial charge in [-0.3, -0.25) is 4.98 Å². The Bertz CT molecular complexity index is 1270. The number of hydrogen-bond acceptors (Lipinski definition) is 2. The summed E-state index contributed by atoms with van der Waals surface area (Å²) >= 11 is 0. The summed E-state index contributed by atoms with van der Waals surface area (Å²) in [5.41, 5.74) is 6.07. The molecule has 2 heterocycles. The van der Waals surface area contributed by atoms with Gasteiger partial charge in [-0.15, -0.1) is 0 Å². The Hall–Kier alpha value is -3.59. The number of nitrogens with zero attached hydrogens (tertiary/aromatic N) is 2. The number of rotatable bonds is 5. The quantitative estimate of drug-likeness (QED) is 0.384. The lowest BCUT2D eigenvalue weighted by atomic mass is 10.1. The van der Waals surface area contributed by atoms with Gasteiger partial charge < -0.3 is 9.30 Å². The largest absolute Gasteiger partial charge is 0.497 e. The molecule has 0 amide bonds. The number of benzene rings is 3. The summed E-state index contributed by atoms with van der Waals surface area (Å²) in [6.07, 6.45) is 2.72. The van der Waals surface area contributed by atoms with Crippen molar-refractivity contribution < 1.29 is 4.74 Å².